The number of nitrogens with zero attached hydrogens (tertiary/aromatic N) is 2. The molecule has 0 aromatic heterocycles. The second kappa shape index (κ2) is 10.4. The fourth-order valence-corrected chi connectivity index (χ4v) is 4.03. The lowest BCUT2D eigenvalue weighted by Gasteiger charge is -2.33. The summed E-state index contributed by atoms with van der Waals surface area (Å²) in [6, 6.07) is 14.5. The summed E-state index contributed by atoms with van der Waals surface area (Å²) in [5, 5.41) is 3.43. The van der Waals surface area contributed by atoms with Crippen molar-refractivity contribution in [3.63, 3.8) is 0 Å². The highest BCUT2D eigenvalue weighted by Crippen LogP contribution is 2.19. The molecule has 0 unspecified atom stereocenters. The number of nitrogens with one attached hydrogen (secondary N) is 1. The molecule has 2 aromatic carbocycles. The Kier molecular flexibility index (Phi) is 8.31. The molecule has 9 heteroatoms. The first kappa shape index (κ1) is 25.7. The minimum absolute atomic E-state index is 0.126. The smallest absolute Gasteiger partial charge is 0.244 e. The van der Waals surface area contributed by atoms with E-state index in [1.165, 1.54) is 4.90 Å². The summed E-state index contributed by atoms with van der Waals surface area (Å²) in [6.07, 6.45) is 1.05. The minimum atomic E-state index is -3.73. The van der Waals surface area contributed by atoms with Crippen LogP contribution in [-0.4, -0.2) is 49.5 Å². The number of hydrogen-bond donors (Lipinski definition) is 1. The van der Waals surface area contributed by atoms with Gasteiger partial charge in [0.15, 0.2) is 0 Å². The Morgan fingerprint density at radius 3 is 2.09 bits per heavy atom. The number of rotatable bonds is 8. The molecule has 0 radical (unpaired) electrons. The van der Waals surface area contributed by atoms with E-state index in [1.54, 1.807) is 61.5 Å². The molecule has 1 N–H and O–H groups in total. The van der Waals surface area contributed by atoms with Crippen molar-refractivity contribution in [3.8, 4) is 0 Å². The highest BCUT2D eigenvalue weighted by atomic mass is 35.5. The summed E-state index contributed by atoms with van der Waals surface area (Å²) in [4.78, 5) is 27.6. The van der Waals surface area contributed by atoms with Gasteiger partial charge in [0, 0.05) is 17.1 Å². The van der Waals surface area contributed by atoms with Gasteiger partial charge in [0.05, 0.1) is 11.9 Å². The fraction of sp³-hybridized carbons (Fsp3) is 0.391. The molecule has 1 atom stereocenters. The van der Waals surface area contributed by atoms with Crippen LogP contribution in [0.1, 0.15) is 33.3 Å². The molecule has 0 bridgehead atoms. The third-order valence-electron chi connectivity index (χ3n) is 4.66. The Balaban J connectivity index is 2.36. The molecule has 2 aromatic rings. The number of anilines is 1. The van der Waals surface area contributed by atoms with Crippen molar-refractivity contribution in [3.05, 3.63) is 65.2 Å². The predicted molar refractivity (Wildman–Crippen MR) is 128 cm³/mol. The first-order valence-electron chi connectivity index (χ1n) is 10.2. The van der Waals surface area contributed by atoms with Crippen LogP contribution >= 0.6 is 11.6 Å². The Morgan fingerprint density at radius 2 is 1.59 bits per heavy atom. The van der Waals surface area contributed by atoms with Gasteiger partial charge in [-0.25, -0.2) is 8.42 Å². The molecule has 0 spiro atoms. The molecule has 0 aliphatic rings. The lowest BCUT2D eigenvalue weighted by Crippen LogP contribution is -2.54. The maximum atomic E-state index is 13.4. The van der Waals surface area contributed by atoms with Crippen LogP contribution in [0, 0.1) is 0 Å². The topological polar surface area (TPSA) is 86.8 Å². The van der Waals surface area contributed by atoms with Crippen LogP contribution in [0.15, 0.2) is 54.6 Å². The predicted octanol–water partition coefficient (Wildman–Crippen LogP) is 3.44. The molecule has 2 rings (SSSR count). The molecule has 0 saturated carbocycles. The van der Waals surface area contributed by atoms with Crippen LogP contribution in [0.4, 0.5) is 5.69 Å². The molecular weight excluding hydrogens is 450 g/mol. The standard InChI is InChI=1S/C23H30ClN3O4S/c1-17(22(29)25-23(2,3)4)26(15-18-11-13-19(24)14-12-18)21(28)16-27(32(5,30)31)20-9-7-6-8-10-20/h6-14,17H,15-16H2,1-5H3,(H,25,29)/t17-/m1/s1. The number of benzene rings is 2. The second-order valence-corrected chi connectivity index (χ2v) is 11.0. The van der Waals surface area contributed by atoms with E-state index in [-0.39, 0.29) is 12.5 Å². The average Bonchev–Trinajstić information content (AvgIpc) is 2.69. The number of carbonyl (C=O) groups is 2. The maximum Gasteiger partial charge on any atom is 0.244 e. The first-order chi connectivity index (χ1) is 14.8. The van der Waals surface area contributed by atoms with Crippen LogP contribution < -0.4 is 9.62 Å². The van der Waals surface area contributed by atoms with E-state index in [1.807, 2.05) is 20.8 Å². The Hall–Kier alpha value is -2.58. The van der Waals surface area contributed by atoms with Gasteiger partial charge in [-0.15, -0.1) is 0 Å². The van der Waals surface area contributed by atoms with Gasteiger partial charge in [-0.1, -0.05) is 41.9 Å². The van der Waals surface area contributed by atoms with E-state index in [0.717, 1.165) is 16.1 Å². The zero-order valence-corrected chi connectivity index (χ0v) is 20.6. The van der Waals surface area contributed by atoms with Gasteiger partial charge in [-0.05, 0) is 57.5 Å². The number of halogens is 1. The van der Waals surface area contributed by atoms with Crippen LogP contribution in [0.3, 0.4) is 0 Å². The molecule has 0 heterocycles. The molecule has 0 fully saturated rings. The molecule has 0 saturated heterocycles. The van der Waals surface area contributed by atoms with E-state index >= 15 is 0 Å². The number of hydrogen-bond acceptors (Lipinski definition) is 4. The van der Waals surface area contributed by atoms with Crippen LogP contribution in [0.25, 0.3) is 0 Å². The number of sulfonamides is 1. The Morgan fingerprint density at radius 1 is 1.03 bits per heavy atom. The van der Waals surface area contributed by atoms with Crippen LogP contribution in [0.2, 0.25) is 5.02 Å². The zero-order chi connectivity index (χ0) is 24.1. The van der Waals surface area contributed by atoms with Gasteiger partial charge in [-0.2, -0.15) is 0 Å². The third kappa shape index (κ3) is 7.53. The second-order valence-electron chi connectivity index (χ2n) is 8.67. The average molecular weight is 480 g/mol. The highest BCUT2D eigenvalue weighted by Gasteiger charge is 2.31. The molecule has 0 aliphatic heterocycles. The Labute approximate surface area is 195 Å². The van der Waals surface area contributed by atoms with Gasteiger partial charge in [-0.3, -0.25) is 13.9 Å². The van der Waals surface area contributed by atoms with E-state index in [0.29, 0.717) is 10.7 Å². The minimum Gasteiger partial charge on any atom is -0.350 e. The van der Waals surface area contributed by atoms with Crippen molar-refractivity contribution in [1.29, 1.82) is 0 Å². The van der Waals surface area contributed by atoms with Crippen LogP contribution in [-0.2, 0) is 26.2 Å². The molecular formula is C23H30ClN3O4S. The fourth-order valence-electron chi connectivity index (χ4n) is 3.05. The lowest BCUT2D eigenvalue weighted by atomic mass is 10.1. The largest absolute Gasteiger partial charge is 0.350 e. The zero-order valence-electron chi connectivity index (χ0n) is 19.0. The van der Waals surface area contributed by atoms with Crippen LogP contribution in [0.5, 0.6) is 0 Å². The van der Waals surface area contributed by atoms with Gasteiger partial charge in [0.25, 0.3) is 0 Å². The number of amides is 2. The first-order valence-corrected chi connectivity index (χ1v) is 12.4. The molecule has 0 aliphatic carbocycles. The summed E-state index contributed by atoms with van der Waals surface area (Å²) >= 11 is 5.97. The van der Waals surface area contributed by atoms with Crippen molar-refractivity contribution in [2.45, 2.75) is 45.8 Å². The number of para-hydroxylation sites is 1. The summed E-state index contributed by atoms with van der Waals surface area (Å²) in [7, 11) is -3.73. The molecule has 174 valence electrons. The van der Waals surface area contributed by atoms with Crippen molar-refractivity contribution in [1.82, 2.24) is 10.2 Å². The monoisotopic (exact) mass is 479 g/mol. The highest BCUT2D eigenvalue weighted by molar-refractivity contribution is 7.92. The Bertz CT molecular complexity index is 1040. The number of carbonyl (C=O) groups excluding carboxylic acids is 2. The van der Waals surface area contributed by atoms with E-state index in [9.17, 15) is 18.0 Å². The van der Waals surface area contributed by atoms with Crippen molar-refractivity contribution < 1.29 is 18.0 Å². The van der Waals surface area contributed by atoms with Gasteiger partial charge < -0.3 is 10.2 Å². The summed E-state index contributed by atoms with van der Waals surface area (Å²) in [5.41, 5.74) is 0.661. The SMILES string of the molecule is C[C@H](C(=O)NC(C)(C)C)N(Cc1ccc(Cl)cc1)C(=O)CN(c1ccccc1)S(C)(=O)=O. The normalized spacial score (nSPS) is 12.7. The lowest BCUT2D eigenvalue weighted by molar-refractivity contribution is -0.140. The van der Waals surface area contributed by atoms with Gasteiger partial charge in [0.1, 0.15) is 12.6 Å². The summed E-state index contributed by atoms with van der Waals surface area (Å²) < 4.78 is 25.9. The molecule has 32 heavy (non-hydrogen) atoms. The van der Waals surface area contributed by atoms with Gasteiger partial charge >= 0.3 is 0 Å². The summed E-state index contributed by atoms with van der Waals surface area (Å²) in [6.45, 7) is 6.88. The van der Waals surface area contributed by atoms with E-state index < -0.39 is 34.1 Å². The molecule has 7 nitrogen and oxygen atoms in total. The maximum absolute atomic E-state index is 13.4. The third-order valence-corrected chi connectivity index (χ3v) is 6.05. The molecule has 2 amide bonds. The summed E-state index contributed by atoms with van der Waals surface area (Å²) in [5.74, 6) is -0.823. The van der Waals surface area contributed by atoms with Crippen molar-refractivity contribution >= 4 is 39.1 Å². The van der Waals surface area contributed by atoms with Gasteiger partial charge in [0.2, 0.25) is 21.8 Å². The van der Waals surface area contributed by atoms with E-state index in [2.05, 4.69) is 5.32 Å². The quantitative estimate of drug-likeness (QED) is 0.628. The van der Waals surface area contributed by atoms with Crippen molar-refractivity contribution in [2.75, 3.05) is 17.1 Å². The van der Waals surface area contributed by atoms with Crippen molar-refractivity contribution in [2.24, 2.45) is 0 Å². The van der Waals surface area contributed by atoms with E-state index in [4.69, 9.17) is 11.6 Å².